The Morgan fingerprint density at radius 1 is 1.32 bits per heavy atom. The minimum Gasteiger partial charge on any atom is -0.373 e. The number of ether oxygens (including phenoxy) is 1. The fourth-order valence-corrected chi connectivity index (χ4v) is 3.31. The number of H-pyrrole nitrogens is 1. The summed E-state index contributed by atoms with van der Waals surface area (Å²) in [5, 5.41) is 4.19. The van der Waals surface area contributed by atoms with E-state index in [1.165, 1.54) is 0 Å². The zero-order valence-corrected chi connectivity index (χ0v) is 10.6. The van der Waals surface area contributed by atoms with E-state index in [1.54, 1.807) is 0 Å². The Bertz CT molecular complexity index is 634. The maximum atomic E-state index is 12.4. The Hall–Kier alpha value is -1.81. The van der Waals surface area contributed by atoms with Gasteiger partial charge >= 0.3 is 0 Å². The SMILES string of the molecule is O=C(NC1CC2CCC1O2)c1cccc2cc[nH]c12. The van der Waals surface area contributed by atoms with Gasteiger partial charge in [0.15, 0.2) is 0 Å². The number of para-hydroxylation sites is 1. The molecule has 2 aromatic rings. The molecule has 2 aliphatic heterocycles. The molecule has 4 rings (SSSR count). The Labute approximate surface area is 111 Å². The highest BCUT2D eigenvalue weighted by atomic mass is 16.5. The second-order valence-corrected chi connectivity index (χ2v) is 5.44. The molecule has 2 N–H and O–H groups in total. The van der Waals surface area contributed by atoms with Crippen LogP contribution in [0.1, 0.15) is 29.6 Å². The number of amides is 1. The van der Waals surface area contributed by atoms with Crippen molar-refractivity contribution >= 4 is 16.8 Å². The smallest absolute Gasteiger partial charge is 0.253 e. The zero-order valence-electron chi connectivity index (χ0n) is 10.6. The van der Waals surface area contributed by atoms with Crippen molar-refractivity contribution in [3.05, 3.63) is 36.0 Å². The number of aromatic nitrogens is 1. The molecule has 2 saturated heterocycles. The summed E-state index contributed by atoms with van der Waals surface area (Å²) in [6, 6.07) is 7.94. The van der Waals surface area contributed by atoms with Crippen LogP contribution in [-0.4, -0.2) is 29.1 Å². The first kappa shape index (κ1) is 11.1. The van der Waals surface area contributed by atoms with Crippen molar-refractivity contribution < 1.29 is 9.53 Å². The Morgan fingerprint density at radius 3 is 3.05 bits per heavy atom. The monoisotopic (exact) mass is 256 g/mol. The lowest BCUT2D eigenvalue weighted by Crippen LogP contribution is -2.41. The number of aromatic amines is 1. The lowest BCUT2D eigenvalue weighted by molar-refractivity contribution is 0.0842. The quantitative estimate of drug-likeness (QED) is 0.865. The van der Waals surface area contributed by atoms with Crippen LogP contribution in [0.2, 0.25) is 0 Å². The van der Waals surface area contributed by atoms with E-state index in [0.29, 0.717) is 11.7 Å². The molecular weight excluding hydrogens is 240 g/mol. The third-order valence-electron chi connectivity index (χ3n) is 4.25. The summed E-state index contributed by atoms with van der Waals surface area (Å²) < 4.78 is 5.77. The van der Waals surface area contributed by atoms with E-state index in [2.05, 4.69) is 10.3 Å². The number of fused-ring (bicyclic) bond motifs is 3. The Kier molecular flexibility index (Phi) is 2.38. The average molecular weight is 256 g/mol. The van der Waals surface area contributed by atoms with E-state index in [0.717, 1.165) is 30.2 Å². The Balaban J connectivity index is 1.59. The van der Waals surface area contributed by atoms with E-state index in [1.807, 2.05) is 30.5 Å². The second kappa shape index (κ2) is 4.10. The number of rotatable bonds is 2. The van der Waals surface area contributed by atoms with Gasteiger partial charge in [0.25, 0.3) is 5.91 Å². The molecule has 2 aliphatic rings. The third-order valence-corrected chi connectivity index (χ3v) is 4.25. The van der Waals surface area contributed by atoms with E-state index < -0.39 is 0 Å². The van der Waals surface area contributed by atoms with Crippen LogP contribution in [0.5, 0.6) is 0 Å². The van der Waals surface area contributed by atoms with Gasteiger partial charge in [-0.05, 0) is 31.4 Å². The first-order chi connectivity index (χ1) is 9.31. The van der Waals surface area contributed by atoms with E-state index in [9.17, 15) is 4.79 Å². The fraction of sp³-hybridized carbons (Fsp3) is 0.400. The van der Waals surface area contributed by atoms with Gasteiger partial charge in [0.05, 0.1) is 29.3 Å². The van der Waals surface area contributed by atoms with Crippen LogP contribution >= 0.6 is 0 Å². The van der Waals surface area contributed by atoms with Crippen molar-refractivity contribution in [1.82, 2.24) is 10.3 Å². The van der Waals surface area contributed by atoms with Gasteiger partial charge in [-0.3, -0.25) is 4.79 Å². The first-order valence-corrected chi connectivity index (χ1v) is 6.84. The molecule has 1 aromatic heterocycles. The molecule has 4 heteroatoms. The number of carbonyl (C=O) groups excluding carboxylic acids is 1. The van der Waals surface area contributed by atoms with E-state index >= 15 is 0 Å². The standard InChI is InChI=1S/C15H16N2O2/c18-15(17-12-8-10-4-5-13(12)19-10)11-3-1-2-9-6-7-16-14(9)11/h1-3,6-7,10,12-13,16H,4-5,8H2,(H,17,18). The molecule has 3 atom stereocenters. The topological polar surface area (TPSA) is 54.1 Å². The summed E-state index contributed by atoms with van der Waals surface area (Å²) in [6.07, 6.45) is 5.61. The lowest BCUT2D eigenvalue weighted by atomic mass is 9.95. The number of nitrogens with one attached hydrogen (secondary N) is 2. The van der Waals surface area contributed by atoms with Gasteiger partial charge in [-0.25, -0.2) is 0 Å². The van der Waals surface area contributed by atoms with Crippen molar-refractivity contribution in [1.29, 1.82) is 0 Å². The molecule has 3 unspecified atom stereocenters. The molecule has 1 aromatic carbocycles. The van der Waals surface area contributed by atoms with Crippen molar-refractivity contribution in [2.75, 3.05) is 0 Å². The van der Waals surface area contributed by atoms with Crippen LogP contribution in [0.4, 0.5) is 0 Å². The lowest BCUT2D eigenvalue weighted by Gasteiger charge is -2.20. The van der Waals surface area contributed by atoms with Crippen LogP contribution in [-0.2, 0) is 4.74 Å². The predicted molar refractivity (Wildman–Crippen MR) is 72.1 cm³/mol. The van der Waals surface area contributed by atoms with Gasteiger partial charge in [-0.1, -0.05) is 12.1 Å². The van der Waals surface area contributed by atoms with Gasteiger partial charge in [-0.15, -0.1) is 0 Å². The highest BCUT2D eigenvalue weighted by Gasteiger charge is 2.41. The van der Waals surface area contributed by atoms with Gasteiger partial charge < -0.3 is 15.0 Å². The highest BCUT2D eigenvalue weighted by Crippen LogP contribution is 2.34. The van der Waals surface area contributed by atoms with Crippen molar-refractivity contribution in [3.8, 4) is 0 Å². The maximum absolute atomic E-state index is 12.4. The van der Waals surface area contributed by atoms with Crippen LogP contribution in [0, 0.1) is 0 Å². The van der Waals surface area contributed by atoms with Crippen molar-refractivity contribution in [2.45, 2.75) is 37.5 Å². The van der Waals surface area contributed by atoms with Crippen molar-refractivity contribution in [2.24, 2.45) is 0 Å². The number of hydrogen-bond acceptors (Lipinski definition) is 2. The molecule has 2 bridgehead atoms. The minimum atomic E-state index is -0.00537. The zero-order chi connectivity index (χ0) is 12.8. The molecule has 98 valence electrons. The molecule has 4 nitrogen and oxygen atoms in total. The van der Waals surface area contributed by atoms with Crippen LogP contribution in [0.15, 0.2) is 30.5 Å². The molecule has 2 fully saturated rings. The summed E-state index contributed by atoms with van der Waals surface area (Å²) in [5.41, 5.74) is 1.62. The van der Waals surface area contributed by atoms with Crippen LogP contribution in [0.3, 0.4) is 0 Å². The molecule has 19 heavy (non-hydrogen) atoms. The number of hydrogen-bond donors (Lipinski definition) is 2. The van der Waals surface area contributed by atoms with Gasteiger partial charge in [0, 0.05) is 11.6 Å². The second-order valence-electron chi connectivity index (χ2n) is 5.44. The summed E-state index contributed by atoms with van der Waals surface area (Å²) in [7, 11) is 0. The fourth-order valence-electron chi connectivity index (χ4n) is 3.31. The van der Waals surface area contributed by atoms with Gasteiger partial charge in [0.2, 0.25) is 0 Å². The maximum Gasteiger partial charge on any atom is 0.253 e. The number of carbonyl (C=O) groups is 1. The normalized spacial score (nSPS) is 28.9. The molecule has 0 saturated carbocycles. The molecule has 0 radical (unpaired) electrons. The Morgan fingerprint density at radius 2 is 2.26 bits per heavy atom. The summed E-state index contributed by atoms with van der Waals surface area (Å²) in [5.74, 6) is -0.00537. The third kappa shape index (κ3) is 1.75. The average Bonchev–Trinajstić information content (AvgIpc) is 3.13. The van der Waals surface area contributed by atoms with Crippen LogP contribution in [0.25, 0.3) is 10.9 Å². The number of benzene rings is 1. The molecule has 0 aliphatic carbocycles. The van der Waals surface area contributed by atoms with E-state index in [-0.39, 0.29) is 18.1 Å². The van der Waals surface area contributed by atoms with Gasteiger partial charge in [0.1, 0.15) is 0 Å². The first-order valence-electron chi connectivity index (χ1n) is 6.84. The molecule has 3 heterocycles. The van der Waals surface area contributed by atoms with Gasteiger partial charge in [-0.2, -0.15) is 0 Å². The molecule has 1 amide bonds. The largest absolute Gasteiger partial charge is 0.373 e. The van der Waals surface area contributed by atoms with Crippen LogP contribution < -0.4 is 5.32 Å². The van der Waals surface area contributed by atoms with E-state index in [4.69, 9.17) is 4.74 Å². The summed E-state index contributed by atoms with van der Waals surface area (Å²) in [6.45, 7) is 0. The highest BCUT2D eigenvalue weighted by molar-refractivity contribution is 6.05. The minimum absolute atomic E-state index is 0.00537. The molecule has 0 spiro atoms. The molecular formula is C15H16N2O2. The van der Waals surface area contributed by atoms with Crippen molar-refractivity contribution in [3.63, 3.8) is 0 Å². The predicted octanol–water partition coefficient (Wildman–Crippen LogP) is 2.22. The summed E-state index contributed by atoms with van der Waals surface area (Å²) >= 11 is 0. The summed E-state index contributed by atoms with van der Waals surface area (Å²) in [4.78, 5) is 15.5.